The summed E-state index contributed by atoms with van der Waals surface area (Å²) >= 11 is 0. The summed E-state index contributed by atoms with van der Waals surface area (Å²) in [6.07, 6.45) is 1.52. The molecule has 0 amide bonds. The van der Waals surface area contributed by atoms with Gasteiger partial charge in [-0.15, -0.1) is 0 Å². The van der Waals surface area contributed by atoms with Crippen molar-refractivity contribution in [2.45, 2.75) is 25.7 Å². The van der Waals surface area contributed by atoms with Gasteiger partial charge in [0.15, 0.2) is 9.84 Å². The first-order valence-electron chi connectivity index (χ1n) is 4.59. The van der Waals surface area contributed by atoms with E-state index in [1.807, 2.05) is 13.8 Å². The fourth-order valence-corrected chi connectivity index (χ4v) is 1.92. The lowest BCUT2D eigenvalue weighted by atomic mass is 10.4. The smallest absolute Gasteiger partial charge is 0.199 e. The standard InChI is InChI=1S/C9H10O2S.C2H6/c1-2-8-12(10,11)9-6-4-3-5-7-9;1-2/h2-8H,1H3;1-2H3. The number of sulfone groups is 1. The average molecular weight is 212 g/mol. The maximum Gasteiger partial charge on any atom is 0.199 e. The van der Waals surface area contributed by atoms with Gasteiger partial charge in [0.05, 0.1) is 4.90 Å². The minimum absolute atomic E-state index is 0.336. The van der Waals surface area contributed by atoms with E-state index in [0.717, 1.165) is 0 Å². The molecule has 0 radical (unpaired) electrons. The molecule has 3 heteroatoms. The van der Waals surface area contributed by atoms with Gasteiger partial charge in [-0.1, -0.05) is 38.1 Å². The normalized spacial score (nSPS) is 10.8. The molecule has 0 unspecified atom stereocenters. The van der Waals surface area contributed by atoms with Crippen molar-refractivity contribution in [3.63, 3.8) is 0 Å². The number of allylic oxidation sites excluding steroid dienone is 1. The Bertz CT molecular complexity index is 364. The minimum atomic E-state index is -3.19. The number of hydrogen-bond donors (Lipinski definition) is 0. The second-order valence-electron chi connectivity index (χ2n) is 2.33. The maximum atomic E-state index is 11.3. The fraction of sp³-hybridized carbons (Fsp3) is 0.273. The lowest BCUT2D eigenvalue weighted by molar-refractivity contribution is 0.604. The third-order valence-electron chi connectivity index (χ3n) is 1.39. The highest BCUT2D eigenvalue weighted by Gasteiger charge is 2.07. The molecule has 2 nitrogen and oxygen atoms in total. The molecule has 0 heterocycles. The minimum Gasteiger partial charge on any atom is -0.219 e. The van der Waals surface area contributed by atoms with Crippen LogP contribution < -0.4 is 0 Å². The molecule has 1 aromatic rings. The lowest BCUT2D eigenvalue weighted by Crippen LogP contribution is -1.94. The highest BCUT2D eigenvalue weighted by atomic mass is 32.2. The summed E-state index contributed by atoms with van der Waals surface area (Å²) in [5.74, 6) is 0. The van der Waals surface area contributed by atoms with Crippen LogP contribution in [0, 0.1) is 0 Å². The molecular formula is C11H16O2S. The summed E-state index contributed by atoms with van der Waals surface area (Å²) in [5, 5.41) is 1.20. The monoisotopic (exact) mass is 212 g/mol. The van der Waals surface area contributed by atoms with Crippen molar-refractivity contribution in [1.29, 1.82) is 0 Å². The van der Waals surface area contributed by atoms with Crippen molar-refractivity contribution in [2.24, 2.45) is 0 Å². The average Bonchev–Trinajstić information content (AvgIpc) is 2.22. The van der Waals surface area contributed by atoms with Crippen molar-refractivity contribution in [3.05, 3.63) is 41.8 Å². The predicted molar refractivity (Wildman–Crippen MR) is 59.8 cm³/mol. The van der Waals surface area contributed by atoms with E-state index < -0.39 is 9.84 Å². The van der Waals surface area contributed by atoms with Gasteiger partial charge >= 0.3 is 0 Å². The molecule has 0 saturated carbocycles. The summed E-state index contributed by atoms with van der Waals surface area (Å²) in [6, 6.07) is 8.35. The molecule has 0 aliphatic rings. The van der Waals surface area contributed by atoms with E-state index in [-0.39, 0.29) is 0 Å². The zero-order valence-electron chi connectivity index (χ0n) is 8.77. The van der Waals surface area contributed by atoms with Gasteiger partial charge in [-0.2, -0.15) is 0 Å². The number of hydrogen-bond acceptors (Lipinski definition) is 2. The molecule has 0 aliphatic heterocycles. The maximum absolute atomic E-state index is 11.3. The van der Waals surface area contributed by atoms with Crippen molar-refractivity contribution in [2.75, 3.05) is 0 Å². The number of benzene rings is 1. The molecule has 0 N–H and O–H groups in total. The van der Waals surface area contributed by atoms with Gasteiger partial charge in [0.1, 0.15) is 0 Å². The van der Waals surface area contributed by atoms with Crippen LogP contribution in [0.4, 0.5) is 0 Å². The third-order valence-corrected chi connectivity index (χ3v) is 2.95. The van der Waals surface area contributed by atoms with Gasteiger partial charge in [0.25, 0.3) is 0 Å². The summed E-state index contributed by atoms with van der Waals surface area (Å²) in [6.45, 7) is 5.68. The summed E-state index contributed by atoms with van der Waals surface area (Å²) in [7, 11) is -3.19. The summed E-state index contributed by atoms with van der Waals surface area (Å²) < 4.78 is 22.7. The summed E-state index contributed by atoms with van der Waals surface area (Å²) in [4.78, 5) is 0.336. The molecule has 0 aromatic heterocycles. The van der Waals surface area contributed by atoms with E-state index >= 15 is 0 Å². The van der Waals surface area contributed by atoms with Crippen LogP contribution in [0.2, 0.25) is 0 Å². The van der Waals surface area contributed by atoms with Crippen molar-refractivity contribution >= 4 is 9.84 Å². The van der Waals surface area contributed by atoms with Crippen LogP contribution in [0.15, 0.2) is 46.7 Å². The van der Waals surface area contributed by atoms with Crippen LogP contribution in [0.25, 0.3) is 0 Å². The van der Waals surface area contributed by atoms with Gasteiger partial charge in [0.2, 0.25) is 0 Å². The highest BCUT2D eigenvalue weighted by Crippen LogP contribution is 2.10. The Kier molecular flexibility index (Phi) is 5.88. The van der Waals surface area contributed by atoms with Crippen LogP contribution in [-0.4, -0.2) is 8.42 Å². The Morgan fingerprint density at radius 1 is 1.07 bits per heavy atom. The van der Waals surface area contributed by atoms with Crippen molar-refractivity contribution < 1.29 is 8.42 Å². The van der Waals surface area contributed by atoms with Gasteiger partial charge in [-0.3, -0.25) is 0 Å². The largest absolute Gasteiger partial charge is 0.219 e. The molecule has 78 valence electrons. The first-order valence-corrected chi connectivity index (χ1v) is 6.14. The molecular weight excluding hydrogens is 196 g/mol. The van der Waals surface area contributed by atoms with E-state index in [2.05, 4.69) is 0 Å². The van der Waals surface area contributed by atoms with E-state index in [1.165, 1.54) is 11.5 Å². The topological polar surface area (TPSA) is 34.1 Å². The Labute approximate surface area is 86.2 Å². The molecule has 0 spiro atoms. The van der Waals surface area contributed by atoms with E-state index in [9.17, 15) is 8.42 Å². The third kappa shape index (κ3) is 3.75. The van der Waals surface area contributed by atoms with Crippen molar-refractivity contribution in [1.82, 2.24) is 0 Å². The quantitative estimate of drug-likeness (QED) is 0.755. The molecule has 14 heavy (non-hydrogen) atoms. The highest BCUT2D eigenvalue weighted by molar-refractivity contribution is 7.94. The molecule has 0 fully saturated rings. The van der Waals surface area contributed by atoms with Gasteiger partial charge in [0, 0.05) is 5.41 Å². The first kappa shape index (κ1) is 12.9. The molecule has 0 aliphatic carbocycles. The van der Waals surface area contributed by atoms with Crippen LogP contribution in [0.3, 0.4) is 0 Å². The fourth-order valence-electron chi connectivity index (χ4n) is 0.868. The Morgan fingerprint density at radius 2 is 1.57 bits per heavy atom. The number of rotatable bonds is 2. The Balaban J connectivity index is 0.000000791. The molecule has 0 bridgehead atoms. The SMILES string of the molecule is CC.CC=CS(=O)(=O)c1ccccc1. The zero-order valence-corrected chi connectivity index (χ0v) is 9.58. The van der Waals surface area contributed by atoms with Gasteiger partial charge in [-0.25, -0.2) is 8.42 Å². The second kappa shape index (κ2) is 6.38. The molecule has 1 rings (SSSR count). The van der Waals surface area contributed by atoms with Crippen LogP contribution in [0.1, 0.15) is 20.8 Å². The van der Waals surface area contributed by atoms with E-state index in [1.54, 1.807) is 37.3 Å². The van der Waals surface area contributed by atoms with E-state index in [0.29, 0.717) is 4.90 Å². The lowest BCUT2D eigenvalue weighted by Gasteiger charge is -1.95. The Hall–Kier alpha value is -1.09. The van der Waals surface area contributed by atoms with E-state index in [4.69, 9.17) is 0 Å². The molecule has 0 saturated heterocycles. The molecule has 0 atom stereocenters. The van der Waals surface area contributed by atoms with Crippen LogP contribution in [0.5, 0.6) is 0 Å². The Morgan fingerprint density at radius 3 is 2.00 bits per heavy atom. The predicted octanol–water partition coefficient (Wildman–Crippen LogP) is 3.02. The second-order valence-corrected chi connectivity index (χ2v) is 4.16. The van der Waals surface area contributed by atoms with Crippen LogP contribution in [-0.2, 0) is 9.84 Å². The van der Waals surface area contributed by atoms with Gasteiger partial charge < -0.3 is 0 Å². The summed E-state index contributed by atoms with van der Waals surface area (Å²) in [5.41, 5.74) is 0. The van der Waals surface area contributed by atoms with Crippen LogP contribution >= 0.6 is 0 Å². The van der Waals surface area contributed by atoms with Gasteiger partial charge in [-0.05, 0) is 19.1 Å². The molecule has 1 aromatic carbocycles. The zero-order chi connectivity index (χ0) is 11.0. The first-order chi connectivity index (χ1) is 6.67. The van der Waals surface area contributed by atoms with Crippen molar-refractivity contribution in [3.8, 4) is 0 Å².